The normalized spacial score (nSPS) is 15.1. The van der Waals surface area contributed by atoms with Crippen molar-refractivity contribution in [2.24, 2.45) is 0 Å². The molecule has 1 atom stereocenters. The monoisotopic (exact) mass is 312 g/mol. The Morgan fingerprint density at radius 2 is 2.20 bits per heavy atom. The predicted molar refractivity (Wildman–Crippen MR) is 66.6 cm³/mol. The van der Waals surface area contributed by atoms with E-state index in [1.807, 2.05) is 18.4 Å². The highest BCUT2D eigenvalue weighted by atomic mass is 79.9. The molecule has 1 rings (SSSR count). The van der Waals surface area contributed by atoms with Gasteiger partial charge in [-0.3, -0.25) is 4.57 Å². The van der Waals surface area contributed by atoms with Crippen molar-refractivity contribution in [2.45, 2.75) is 20.5 Å². The molecule has 0 spiro atoms. The Bertz CT molecular complexity index is 353. The molecule has 3 nitrogen and oxygen atoms in total. The number of hydrogen-bond acceptors (Lipinski definition) is 4. The van der Waals surface area contributed by atoms with Gasteiger partial charge in [0, 0.05) is 11.7 Å². The largest absolute Gasteiger partial charge is 0.330 e. The molecule has 6 heteroatoms. The molecule has 1 heterocycles. The molecular formula is C9H14BrO3PS. The summed E-state index contributed by atoms with van der Waals surface area (Å²) in [5.41, 5.74) is 1.01. The molecule has 15 heavy (non-hydrogen) atoms. The molecule has 1 aromatic rings. The lowest BCUT2D eigenvalue weighted by Crippen LogP contribution is -1.98. The fraction of sp³-hybridized carbons (Fsp3) is 0.556. The van der Waals surface area contributed by atoms with Crippen molar-refractivity contribution in [3.8, 4) is 0 Å². The van der Waals surface area contributed by atoms with Gasteiger partial charge < -0.3 is 9.05 Å². The van der Waals surface area contributed by atoms with Crippen LogP contribution in [-0.2, 0) is 20.2 Å². The van der Waals surface area contributed by atoms with Crippen molar-refractivity contribution < 1.29 is 13.6 Å². The maximum absolute atomic E-state index is 11.9. The third-order valence-corrected chi connectivity index (χ3v) is 5.58. The van der Waals surface area contributed by atoms with E-state index in [2.05, 4.69) is 15.9 Å². The second kappa shape index (κ2) is 6.16. The van der Waals surface area contributed by atoms with Crippen molar-refractivity contribution in [1.82, 2.24) is 0 Å². The maximum Gasteiger partial charge on any atom is 0.330 e. The van der Waals surface area contributed by atoms with Crippen LogP contribution >= 0.6 is 34.9 Å². The molecule has 1 aromatic heterocycles. The van der Waals surface area contributed by atoms with Crippen LogP contribution in [0.5, 0.6) is 0 Å². The van der Waals surface area contributed by atoms with Gasteiger partial charge in [-0.25, -0.2) is 0 Å². The van der Waals surface area contributed by atoms with E-state index in [0.29, 0.717) is 19.4 Å². The van der Waals surface area contributed by atoms with Crippen LogP contribution in [0.1, 0.15) is 19.4 Å². The van der Waals surface area contributed by atoms with Crippen LogP contribution < -0.4 is 0 Å². The topological polar surface area (TPSA) is 35.5 Å². The average molecular weight is 313 g/mol. The Morgan fingerprint density at radius 1 is 1.47 bits per heavy atom. The van der Waals surface area contributed by atoms with Gasteiger partial charge in [-0.2, -0.15) is 0 Å². The molecule has 0 bridgehead atoms. The number of hydrogen-bond donors (Lipinski definition) is 0. The molecule has 1 unspecified atom stereocenters. The summed E-state index contributed by atoms with van der Waals surface area (Å²) in [5.74, 6) is 0. The van der Waals surface area contributed by atoms with E-state index in [1.54, 1.807) is 18.3 Å². The second-order valence-electron chi connectivity index (χ2n) is 2.84. The fourth-order valence-corrected chi connectivity index (χ4v) is 3.38. The van der Waals surface area contributed by atoms with Crippen molar-refractivity contribution in [3.63, 3.8) is 0 Å². The first kappa shape index (κ1) is 13.4. The molecular weight excluding hydrogens is 299 g/mol. The highest BCUT2D eigenvalue weighted by Crippen LogP contribution is 2.48. The maximum atomic E-state index is 11.9. The van der Waals surface area contributed by atoms with Gasteiger partial charge in [-0.05, 0) is 34.3 Å². The average Bonchev–Trinajstić information content (AvgIpc) is 2.62. The van der Waals surface area contributed by atoms with Crippen LogP contribution in [0.2, 0.25) is 0 Å². The molecule has 0 saturated heterocycles. The summed E-state index contributed by atoms with van der Waals surface area (Å²) in [7, 11) is -2.88. The van der Waals surface area contributed by atoms with Gasteiger partial charge in [0.25, 0.3) is 0 Å². The molecule has 0 aliphatic carbocycles. The lowest BCUT2D eigenvalue weighted by molar-refractivity contribution is 0.205. The summed E-state index contributed by atoms with van der Waals surface area (Å²) in [6.45, 7) is 4.36. The van der Waals surface area contributed by atoms with E-state index < -0.39 is 7.60 Å². The summed E-state index contributed by atoms with van der Waals surface area (Å²) in [4.78, 5) is 0. The van der Waals surface area contributed by atoms with Gasteiger partial charge in [0.2, 0.25) is 0 Å². The summed E-state index contributed by atoms with van der Waals surface area (Å²) >= 11 is 4.99. The summed E-state index contributed by atoms with van der Waals surface area (Å²) in [5, 5.41) is 1.96. The van der Waals surface area contributed by atoms with E-state index >= 15 is 0 Å². The van der Waals surface area contributed by atoms with Gasteiger partial charge in [0.05, 0.1) is 17.0 Å². The quantitative estimate of drug-likeness (QED) is 0.736. The zero-order valence-corrected chi connectivity index (χ0v) is 12.0. The van der Waals surface area contributed by atoms with Gasteiger partial charge in [0.15, 0.2) is 0 Å². The standard InChI is InChI=1S/C9H14BrO3PS/c1-3-12-14(11,4-2)13-7-8-5-6-15-9(8)10/h5-6H,3-4,7H2,1-2H3. The van der Waals surface area contributed by atoms with E-state index in [4.69, 9.17) is 9.05 Å². The zero-order valence-electron chi connectivity index (χ0n) is 8.73. The van der Waals surface area contributed by atoms with Crippen LogP contribution in [0.4, 0.5) is 0 Å². The zero-order chi connectivity index (χ0) is 11.3. The predicted octanol–water partition coefficient (Wildman–Crippen LogP) is 4.28. The van der Waals surface area contributed by atoms with Crippen LogP contribution in [0, 0.1) is 0 Å². The van der Waals surface area contributed by atoms with Gasteiger partial charge >= 0.3 is 7.60 Å². The first-order valence-electron chi connectivity index (χ1n) is 4.71. The summed E-state index contributed by atoms with van der Waals surface area (Å²) in [6, 6.07) is 1.95. The first-order chi connectivity index (χ1) is 7.11. The highest BCUT2D eigenvalue weighted by Gasteiger charge is 2.21. The molecule has 0 aliphatic heterocycles. The van der Waals surface area contributed by atoms with Crippen LogP contribution in [0.15, 0.2) is 15.2 Å². The lowest BCUT2D eigenvalue weighted by atomic mass is 10.4. The van der Waals surface area contributed by atoms with Gasteiger partial charge in [0.1, 0.15) is 0 Å². The number of halogens is 1. The minimum atomic E-state index is -2.88. The Labute approximate surface area is 102 Å². The highest BCUT2D eigenvalue weighted by molar-refractivity contribution is 9.11. The Kier molecular flexibility index (Phi) is 5.50. The lowest BCUT2D eigenvalue weighted by Gasteiger charge is -2.15. The number of rotatable bonds is 6. The molecule has 0 N–H and O–H groups in total. The Balaban J connectivity index is 2.55. The molecule has 0 aromatic carbocycles. The second-order valence-corrected chi connectivity index (χ2v) is 7.44. The molecule has 0 radical (unpaired) electrons. The Hall–Kier alpha value is 0.330. The minimum Gasteiger partial charge on any atom is -0.309 e. The molecule has 0 aliphatic rings. The van der Waals surface area contributed by atoms with Gasteiger partial charge in [-0.15, -0.1) is 11.3 Å². The van der Waals surface area contributed by atoms with E-state index in [9.17, 15) is 4.57 Å². The SMILES string of the molecule is CCOP(=O)(CC)OCc1ccsc1Br. The van der Waals surface area contributed by atoms with E-state index in [-0.39, 0.29) is 0 Å². The smallest absolute Gasteiger partial charge is 0.309 e. The number of thiophene rings is 1. The third kappa shape index (κ3) is 4.00. The van der Waals surface area contributed by atoms with Crippen LogP contribution in [-0.4, -0.2) is 12.8 Å². The van der Waals surface area contributed by atoms with E-state index in [1.165, 1.54) is 0 Å². The molecule has 0 amide bonds. The molecule has 86 valence electrons. The van der Waals surface area contributed by atoms with Crippen molar-refractivity contribution >= 4 is 34.9 Å². The van der Waals surface area contributed by atoms with Crippen molar-refractivity contribution in [1.29, 1.82) is 0 Å². The molecule has 0 fully saturated rings. The van der Waals surface area contributed by atoms with Crippen LogP contribution in [0.3, 0.4) is 0 Å². The van der Waals surface area contributed by atoms with Crippen molar-refractivity contribution in [3.05, 3.63) is 20.8 Å². The van der Waals surface area contributed by atoms with E-state index in [0.717, 1.165) is 9.35 Å². The fourth-order valence-electron chi connectivity index (χ4n) is 1.01. The Morgan fingerprint density at radius 3 is 2.67 bits per heavy atom. The van der Waals surface area contributed by atoms with Crippen molar-refractivity contribution in [2.75, 3.05) is 12.8 Å². The summed E-state index contributed by atoms with van der Waals surface area (Å²) in [6.07, 6.45) is 0.405. The first-order valence-corrected chi connectivity index (χ1v) is 8.11. The van der Waals surface area contributed by atoms with Gasteiger partial charge in [-0.1, -0.05) is 6.92 Å². The molecule has 0 saturated carbocycles. The van der Waals surface area contributed by atoms with Crippen LogP contribution in [0.25, 0.3) is 0 Å². The minimum absolute atomic E-state index is 0.329. The third-order valence-electron chi connectivity index (χ3n) is 1.82. The summed E-state index contributed by atoms with van der Waals surface area (Å²) < 4.78 is 23.4.